The number of carboxylic acid groups (broad SMARTS) is 3. The summed E-state index contributed by atoms with van der Waals surface area (Å²) in [7, 11) is 0. The zero-order chi connectivity index (χ0) is 22.3. The van der Waals surface area contributed by atoms with Crippen molar-refractivity contribution in [2.75, 3.05) is 0 Å². The molecule has 0 saturated heterocycles. The van der Waals surface area contributed by atoms with Crippen molar-refractivity contribution in [3.8, 4) is 0 Å². The number of hydrogen-bond acceptors (Lipinski definition) is 9. The smallest absolute Gasteiger partial charge is 0.372 e. The van der Waals surface area contributed by atoms with Crippen LogP contribution in [0.5, 0.6) is 0 Å². The van der Waals surface area contributed by atoms with Crippen LogP contribution in [0.25, 0.3) is 0 Å². The summed E-state index contributed by atoms with van der Waals surface area (Å²) in [5.41, 5.74) is 0. The van der Waals surface area contributed by atoms with E-state index >= 15 is 0 Å². The van der Waals surface area contributed by atoms with Gasteiger partial charge in [-0.25, -0.2) is 14.4 Å². The number of ketones is 6. The molecule has 0 heterocycles. The fraction of sp³-hybridized carbons (Fsp3) is 0.400. The molecule has 0 bridgehead atoms. The van der Waals surface area contributed by atoms with Gasteiger partial charge in [0, 0.05) is 38.2 Å². The number of aliphatic carboxylic acids is 3. The Morgan fingerprint density at radius 3 is 0.643 bits per heavy atom. The first-order chi connectivity index (χ1) is 12.1. The standard InChI is InChI=1S/3C5H6O4.Dy/c3*1-3(6)2-4(7)5(8)9;/h3*2H2,1H3,(H,8,9);. The van der Waals surface area contributed by atoms with E-state index in [2.05, 4.69) is 0 Å². The summed E-state index contributed by atoms with van der Waals surface area (Å²) in [5, 5.41) is 23.8. The molecule has 0 fully saturated rings. The van der Waals surface area contributed by atoms with Gasteiger partial charge in [-0.15, -0.1) is 0 Å². The van der Waals surface area contributed by atoms with Crippen LogP contribution in [0.1, 0.15) is 40.0 Å². The maximum absolute atomic E-state index is 10.1. The van der Waals surface area contributed by atoms with Crippen LogP contribution in [-0.4, -0.2) is 67.9 Å². The van der Waals surface area contributed by atoms with E-state index in [1.165, 1.54) is 20.8 Å². The quantitative estimate of drug-likeness (QED) is 0.228. The Kier molecular flexibility index (Phi) is 21.5. The third kappa shape index (κ3) is 25.9. The summed E-state index contributed by atoms with van der Waals surface area (Å²) in [6, 6.07) is 0. The SMILES string of the molecule is CC(=O)CC(=O)C(=O)O.CC(=O)CC(=O)C(=O)O.CC(=O)CC(=O)C(=O)O.[Dy]. The largest absolute Gasteiger partial charge is 0.475 e. The Hall–Kier alpha value is -2.30. The maximum Gasteiger partial charge on any atom is 0.372 e. The number of carbonyl (C=O) groups is 9. The molecule has 0 aromatic heterocycles. The van der Waals surface area contributed by atoms with Gasteiger partial charge >= 0.3 is 17.9 Å². The van der Waals surface area contributed by atoms with Gasteiger partial charge in [0.1, 0.15) is 17.3 Å². The van der Waals surface area contributed by atoms with E-state index in [9.17, 15) is 43.2 Å². The number of carbonyl (C=O) groups excluding carboxylic acids is 6. The van der Waals surface area contributed by atoms with Crippen molar-refractivity contribution in [1.82, 2.24) is 0 Å². The maximum atomic E-state index is 10.1. The number of Topliss-reactive ketones (excluding diaryl/α,β-unsaturated/α-hetero) is 6. The first kappa shape index (κ1) is 33.3. The molecule has 0 aromatic rings. The first-order valence-electron chi connectivity index (χ1n) is 6.88. The molecule has 12 nitrogen and oxygen atoms in total. The minimum absolute atomic E-state index is 0. The molecule has 0 atom stereocenters. The van der Waals surface area contributed by atoms with Gasteiger partial charge in [0.2, 0.25) is 17.3 Å². The molecule has 0 aliphatic carbocycles. The Bertz CT molecular complexity index is 572. The number of carboxylic acids is 3. The molecule has 3 N–H and O–H groups in total. The molecule has 28 heavy (non-hydrogen) atoms. The summed E-state index contributed by atoms with van der Waals surface area (Å²) in [5.74, 6) is -9.10. The molecule has 0 rings (SSSR count). The minimum Gasteiger partial charge on any atom is -0.475 e. The van der Waals surface area contributed by atoms with E-state index in [0.717, 1.165) is 0 Å². The summed E-state index contributed by atoms with van der Waals surface area (Å²) in [6.07, 6.45) is -1.51. The van der Waals surface area contributed by atoms with Crippen molar-refractivity contribution in [2.24, 2.45) is 0 Å². The van der Waals surface area contributed by atoms with Crippen LogP contribution in [0.3, 0.4) is 0 Å². The predicted octanol–water partition coefficient (Wildman–Crippen LogP) is -1.14. The van der Waals surface area contributed by atoms with Gasteiger partial charge in [-0.05, 0) is 20.8 Å². The van der Waals surface area contributed by atoms with Crippen molar-refractivity contribution in [3.63, 3.8) is 0 Å². The average molecular weight is 553 g/mol. The van der Waals surface area contributed by atoms with Gasteiger partial charge in [-0.2, -0.15) is 0 Å². The van der Waals surface area contributed by atoms with E-state index in [1.54, 1.807) is 0 Å². The predicted molar refractivity (Wildman–Crippen MR) is 83.8 cm³/mol. The number of hydrogen-bond donors (Lipinski definition) is 3. The molecule has 0 spiro atoms. The molecule has 0 aliphatic heterocycles. The van der Waals surface area contributed by atoms with Gasteiger partial charge in [0.25, 0.3) is 0 Å². The summed E-state index contributed by atoms with van der Waals surface area (Å²) < 4.78 is 0. The number of rotatable bonds is 9. The fourth-order valence-electron chi connectivity index (χ4n) is 0.905. The Labute approximate surface area is 188 Å². The van der Waals surface area contributed by atoms with E-state index in [-0.39, 0.29) is 38.2 Å². The summed E-state index contributed by atoms with van der Waals surface area (Å²) in [4.78, 5) is 89.8. The van der Waals surface area contributed by atoms with Gasteiger partial charge in [0.05, 0.1) is 19.3 Å². The monoisotopic (exact) mass is 554 g/mol. The topological polar surface area (TPSA) is 214 Å². The molecular formula is C15H18DyO12. The Morgan fingerprint density at radius 2 is 0.607 bits per heavy atom. The van der Waals surface area contributed by atoms with Crippen molar-refractivity contribution in [2.45, 2.75) is 40.0 Å². The molecule has 0 amide bonds. The second kappa shape index (κ2) is 18.1. The van der Waals surface area contributed by atoms with Crippen molar-refractivity contribution < 1.29 is 96.6 Å². The van der Waals surface area contributed by atoms with Crippen LogP contribution >= 0.6 is 0 Å². The van der Waals surface area contributed by atoms with E-state index in [0.29, 0.717) is 0 Å². The van der Waals surface area contributed by atoms with Crippen LogP contribution in [0.4, 0.5) is 0 Å². The molecule has 0 aliphatic rings. The van der Waals surface area contributed by atoms with Crippen molar-refractivity contribution in [1.29, 1.82) is 0 Å². The molecule has 13 heteroatoms. The van der Waals surface area contributed by atoms with Gasteiger partial charge in [-0.1, -0.05) is 0 Å². The fourth-order valence-corrected chi connectivity index (χ4v) is 0.905. The van der Waals surface area contributed by atoms with Crippen LogP contribution < -0.4 is 0 Å². The molecule has 0 unspecified atom stereocenters. The third-order valence-electron chi connectivity index (χ3n) is 1.94. The summed E-state index contributed by atoms with van der Waals surface area (Å²) >= 11 is 0. The van der Waals surface area contributed by atoms with Crippen LogP contribution in [-0.2, 0) is 43.2 Å². The average Bonchev–Trinajstić information content (AvgIpc) is 2.46. The van der Waals surface area contributed by atoms with Crippen LogP contribution in [0, 0.1) is 38.2 Å². The summed E-state index contributed by atoms with van der Waals surface area (Å²) in [6.45, 7) is 3.50. The molecule has 0 saturated carbocycles. The molecule has 0 radical (unpaired) electrons. The van der Waals surface area contributed by atoms with E-state index < -0.39 is 71.9 Å². The molecule has 0 aromatic carbocycles. The normalized spacial score (nSPS) is 8.25. The van der Waals surface area contributed by atoms with Gasteiger partial charge in [0.15, 0.2) is 0 Å². The van der Waals surface area contributed by atoms with Crippen molar-refractivity contribution in [3.05, 3.63) is 0 Å². The molecule has 160 valence electrons. The second-order valence-electron chi connectivity index (χ2n) is 4.82. The Morgan fingerprint density at radius 1 is 0.464 bits per heavy atom. The zero-order valence-electron chi connectivity index (χ0n) is 15.0. The van der Waals surface area contributed by atoms with Crippen LogP contribution in [0.2, 0.25) is 0 Å². The van der Waals surface area contributed by atoms with Crippen molar-refractivity contribution >= 4 is 52.6 Å². The zero-order valence-corrected chi connectivity index (χ0v) is 17.0. The second-order valence-corrected chi connectivity index (χ2v) is 4.82. The van der Waals surface area contributed by atoms with E-state index in [4.69, 9.17) is 15.3 Å². The molecular weight excluding hydrogens is 535 g/mol. The van der Waals surface area contributed by atoms with E-state index in [1.807, 2.05) is 0 Å². The van der Waals surface area contributed by atoms with Crippen LogP contribution in [0.15, 0.2) is 0 Å². The minimum atomic E-state index is -1.55. The Balaban J connectivity index is -0.000000152. The first-order valence-corrected chi connectivity index (χ1v) is 6.88. The van der Waals surface area contributed by atoms with Gasteiger partial charge < -0.3 is 15.3 Å². The van der Waals surface area contributed by atoms with Gasteiger partial charge in [-0.3, -0.25) is 28.8 Å². The third-order valence-corrected chi connectivity index (χ3v) is 1.94.